The number of carbonyl (C=O) groups excluding carboxylic acids is 12. The fraction of sp³-hybridized carbons (Fsp3) is 0.451. The highest BCUT2D eigenvalue weighted by Gasteiger charge is 2.47. The van der Waals surface area contributed by atoms with Gasteiger partial charge in [-0.2, -0.15) is 0 Å². The molecule has 11 amide bonds. The van der Waals surface area contributed by atoms with E-state index >= 15 is 0 Å². The molecule has 6 aromatic rings. The Bertz CT molecular complexity index is 5030. The first-order chi connectivity index (χ1) is 60.6. The summed E-state index contributed by atoms with van der Waals surface area (Å²) in [5.74, 6) is -54.1. The van der Waals surface area contributed by atoms with E-state index in [1.807, 2.05) is 0 Å². The SMILES string of the molecule is CC(C)C1C(=O)N[C@H](C)[C@H](NC(=O)c2ncccc2O)C(=O)N[C@@H](Cc2c(F)c(F)c(F)c(F)c2F)[C@@H](O)[C@@H](C)C(=O)N1C.CC(C)C1NC(=O)[C@H](C)[C@H](O)[C@H](Cc2c(F)c(F)c(F)c(F)c2F)NC(=O)[C@@H](NC(=O)c2ncccc2O)[C@@H](C)NC1=O.CC(C)C1OC(=O)[C@H](C)[C@H](O)[C@H](Cc2c(F)c(F)c(F)c(F)c2F)NC(=O)[C@@H](NC(=O)c2ncccc2O)[C@@H](C)NC1=O. The lowest BCUT2D eigenvalue weighted by atomic mass is 9.89. The molecule has 3 saturated heterocycles. The molecule has 6 heterocycles. The van der Waals surface area contributed by atoms with Crippen LogP contribution < -0.4 is 53.2 Å². The van der Waals surface area contributed by atoms with E-state index in [1.54, 1.807) is 27.7 Å². The quantitative estimate of drug-likeness (QED) is 0.0302. The van der Waals surface area contributed by atoms with Gasteiger partial charge < -0.3 is 93.4 Å². The third kappa shape index (κ3) is 23.5. The summed E-state index contributed by atoms with van der Waals surface area (Å²) < 4.78 is 218. The van der Waals surface area contributed by atoms with Crippen molar-refractivity contribution in [3.63, 3.8) is 0 Å². The number of likely N-dealkylation sites (N-methyl/N-ethyl adjacent to an activating group) is 1. The van der Waals surface area contributed by atoms with Crippen molar-refractivity contribution >= 4 is 70.9 Å². The number of aliphatic hydroxyl groups excluding tert-OH is 3. The second kappa shape index (κ2) is 43.9. The molecule has 3 fully saturated rings. The zero-order valence-electron chi connectivity index (χ0n) is 70.9. The Labute approximate surface area is 729 Å². The molecule has 708 valence electrons. The van der Waals surface area contributed by atoms with Crippen molar-refractivity contribution in [3.8, 4) is 17.2 Å². The number of nitrogens with one attached hydrogen (secondary N) is 10. The van der Waals surface area contributed by atoms with Gasteiger partial charge in [-0.15, -0.1) is 0 Å². The molecule has 0 aliphatic carbocycles. The number of hydrogen-bond donors (Lipinski definition) is 16. The first kappa shape index (κ1) is 104. The highest BCUT2D eigenvalue weighted by atomic mass is 19.2. The normalized spacial score (nSPS) is 25.2. The van der Waals surface area contributed by atoms with Crippen molar-refractivity contribution in [3.05, 3.63) is 176 Å². The molecule has 3 unspecified atom stereocenters. The maximum atomic E-state index is 14.7. The average molecular weight is 1860 g/mol. The van der Waals surface area contributed by atoms with Crippen LogP contribution in [0.5, 0.6) is 17.2 Å². The third-order valence-electron chi connectivity index (χ3n) is 21.4. The van der Waals surface area contributed by atoms with E-state index in [9.17, 15) is 154 Å². The fourth-order valence-corrected chi connectivity index (χ4v) is 13.9. The van der Waals surface area contributed by atoms with Gasteiger partial charge in [0.05, 0.1) is 72.3 Å². The molecule has 3 aromatic heterocycles. The topological polar surface area (TPSA) is 498 Å². The molecule has 3 aromatic carbocycles. The van der Waals surface area contributed by atoms with Gasteiger partial charge in [-0.3, -0.25) is 57.5 Å². The number of carbonyl (C=O) groups is 12. The molecule has 3 aliphatic heterocycles. The number of halogens is 15. The number of aromatic hydroxyl groups is 3. The molecule has 16 N–H and O–H groups in total. The third-order valence-corrected chi connectivity index (χ3v) is 21.4. The van der Waals surface area contributed by atoms with E-state index < -0.39 is 355 Å². The van der Waals surface area contributed by atoms with Crippen LogP contribution in [0.1, 0.15) is 131 Å². The molecule has 130 heavy (non-hydrogen) atoms. The van der Waals surface area contributed by atoms with Crippen molar-refractivity contribution in [1.82, 2.24) is 73.0 Å². The Kier molecular flexibility index (Phi) is 35.1. The fourth-order valence-electron chi connectivity index (χ4n) is 13.9. The van der Waals surface area contributed by atoms with Crippen molar-refractivity contribution in [1.29, 1.82) is 0 Å². The number of aromatic nitrogens is 3. The molecule has 9 rings (SSSR count). The maximum Gasteiger partial charge on any atom is 0.312 e. The van der Waals surface area contributed by atoms with Crippen molar-refractivity contribution < 1.29 is 159 Å². The number of ether oxygens (including phenoxy) is 1. The van der Waals surface area contributed by atoms with Crippen LogP contribution in [0, 0.1) is 123 Å². The smallest absolute Gasteiger partial charge is 0.312 e. The minimum Gasteiger partial charge on any atom is -0.505 e. The van der Waals surface area contributed by atoms with Gasteiger partial charge in [0.2, 0.25) is 58.8 Å². The summed E-state index contributed by atoms with van der Waals surface area (Å²) in [4.78, 5) is 170. The monoisotopic (exact) mass is 1860 g/mol. The second-order valence-corrected chi connectivity index (χ2v) is 31.8. The number of cyclic esters (lactones) is 1. The molecule has 48 heteroatoms. The maximum absolute atomic E-state index is 14.7. The van der Waals surface area contributed by atoms with Gasteiger partial charge in [0.1, 0.15) is 47.5 Å². The summed E-state index contributed by atoms with van der Waals surface area (Å²) in [6.07, 6.45) is -7.54. The number of aliphatic hydroxyl groups is 3. The highest BCUT2D eigenvalue weighted by molar-refractivity contribution is 6.01. The Balaban J connectivity index is 0.000000267. The van der Waals surface area contributed by atoms with E-state index in [1.165, 1.54) is 85.4 Å². The Hall–Kier alpha value is -13.0. The van der Waals surface area contributed by atoms with Gasteiger partial charge in [-0.05, 0) is 81.8 Å². The minimum absolute atomic E-state index is 0.498. The van der Waals surface area contributed by atoms with Crippen LogP contribution in [0.4, 0.5) is 65.9 Å². The highest BCUT2D eigenvalue weighted by Crippen LogP contribution is 2.32. The zero-order valence-corrected chi connectivity index (χ0v) is 70.9. The van der Waals surface area contributed by atoms with Crippen molar-refractivity contribution in [2.45, 2.75) is 193 Å². The van der Waals surface area contributed by atoms with Crippen LogP contribution in [0.3, 0.4) is 0 Å². The predicted octanol–water partition coefficient (Wildman–Crippen LogP) is 3.66. The first-order valence-corrected chi connectivity index (χ1v) is 39.6. The molecule has 0 radical (unpaired) electrons. The first-order valence-electron chi connectivity index (χ1n) is 39.6. The summed E-state index contributed by atoms with van der Waals surface area (Å²) in [6, 6.07) is -9.56. The van der Waals surface area contributed by atoms with E-state index in [0.717, 1.165) is 36.9 Å². The Morgan fingerprint density at radius 3 is 0.954 bits per heavy atom. The van der Waals surface area contributed by atoms with E-state index in [0.29, 0.717) is 0 Å². The molecule has 18 atom stereocenters. The largest absolute Gasteiger partial charge is 0.505 e. The zero-order chi connectivity index (χ0) is 97.9. The molecular weight excluding hydrogens is 1770 g/mol. The van der Waals surface area contributed by atoms with Crippen molar-refractivity contribution in [2.24, 2.45) is 35.5 Å². The van der Waals surface area contributed by atoms with Gasteiger partial charge in [0, 0.05) is 61.6 Å². The predicted molar refractivity (Wildman–Crippen MR) is 418 cm³/mol. The summed E-state index contributed by atoms with van der Waals surface area (Å²) in [7, 11) is 1.27. The average Bonchev–Trinajstić information content (AvgIpc) is 0.791. The van der Waals surface area contributed by atoms with Gasteiger partial charge in [0.15, 0.2) is 93.0 Å². The van der Waals surface area contributed by atoms with Crippen molar-refractivity contribution in [2.75, 3.05) is 7.05 Å². The number of benzene rings is 3. The number of pyridine rings is 3. The van der Waals surface area contributed by atoms with Crippen LogP contribution in [-0.2, 0) is 67.2 Å². The second-order valence-electron chi connectivity index (χ2n) is 31.8. The van der Waals surface area contributed by atoms with Gasteiger partial charge in [0.25, 0.3) is 23.6 Å². The van der Waals surface area contributed by atoms with E-state index in [-0.39, 0.29) is 0 Å². The number of esters is 1. The molecule has 0 spiro atoms. The summed E-state index contributed by atoms with van der Waals surface area (Å²) in [5.41, 5.74) is -5.65. The van der Waals surface area contributed by atoms with Crippen LogP contribution in [-0.4, -0.2) is 219 Å². The van der Waals surface area contributed by atoms with Gasteiger partial charge >= 0.3 is 5.97 Å². The lowest BCUT2D eigenvalue weighted by molar-refractivity contribution is -0.166. The molecule has 3 aliphatic rings. The van der Waals surface area contributed by atoms with E-state index in [4.69, 9.17) is 4.74 Å². The van der Waals surface area contributed by atoms with Crippen LogP contribution in [0.15, 0.2) is 55.0 Å². The lowest BCUT2D eigenvalue weighted by Gasteiger charge is -2.38. The van der Waals surface area contributed by atoms with Crippen LogP contribution >= 0.6 is 0 Å². The number of rotatable bonds is 15. The van der Waals surface area contributed by atoms with Crippen LogP contribution in [0.25, 0.3) is 0 Å². The summed E-state index contributed by atoms with van der Waals surface area (Å²) in [5, 5.41) is 86.8. The molecule has 33 nitrogen and oxygen atoms in total. The number of hydrogen-bond acceptors (Lipinski definition) is 22. The van der Waals surface area contributed by atoms with E-state index in [2.05, 4.69) is 68.1 Å². The molecular formula is C82H91F15N14O19. The number of nitrogens with zero attached hydrogens (tertiary/aromatic N) is 4. The van der Waals surface area contributed by atoms with Gasteiger partial charge in [-0.25, -0.2) is 80.8 Å². The lowest BCUT2D eigenvalue weighted by Crippen LogP contribution is -2.64. The Morgan fingerprint density at radius 2 is 0.662 bits per heavy atom. The molecule has 0 bridgehead atoms. The number of amides is 11. The minimum atomic E-state index is -2.43. The van der Waals surface area contributed by atoms with Crippen LogP contribution in [0.2, 0.25) is 0 Å². The summed E-state index contributed by atoms with van der Waals surface area (Å²) in [6.45, 7) is 16.8. The molecule has 0 saturated carbocycles. The summed E-state index contributed by atoms with van der Waals surface area (Å²) >= 11 is 0. The Morgan fingerprint density at radius 1 is 0.377 bits per heavy atom. The van der Waals surface area contributed by atoms with Gasteiger partial charge in [-0.1, -0.05) is 55.4 Å². The standard InChI is InChI=1S/C28H32F5N5O6.C27H30F5N5O6.C27H29F5N4O7/c1-10(2)23-27(43)35-12(4)21(37-26(42)22-15(39)7-6-8-34-22)25(41)36-14(24(40)11(3)28(44)38(23)5)9-13-16(29)18(31)20(33)19(32)17(13)30;1-9(2)20-25(41)34-11(4)21(37-27(43)22-14(38)6-5-7-33-22)26(42)35-13(23(39)10(3)24(40)36-20)8-12-15(28)17(30)19(32)18(31)16(12)29;1-9(2)23-26(41)34-11(4)20(36-25(40)21-14(37)6-5-7-33-21)24(39)35-13(22(38)10(3)27(42)43-23)8-12-15(28)17(30)19(32)18(31)16(12)29/h6-8,10-12,14,21,23-24,39-40H,9H2,1-5H3,(H,35,43)(H,36,41)(H,37,42);5-7,9-11,13,20-21,23,38-39H,8H2,1-4H3,(H,34,41)(H,35,42)(H,36,40)(H,37,43);5-7,9-11,13,20,22-23,37-38H,8H2,1-4H3,(H,34,41)(H,35,39)(H,36,40)/t11-,12-,14+,21+,23?,24+;10-,11-,13+,20?,21+,23+;10-,11-,13+,20+,22+,23?/m111/s1.